The second kappa shape index (κ2) is 10.4. The number of sulfonamides is 1. The summed E-state index contributed by atoms with van der Waals surface area (Å²) in [6.45, 7) is 12.1. The van der Waals surface area contributed by atoms with Crippen LogP contribution in [0.15, 0.2) is 34.8 Å². The standard InChI is InChI=1S/C25H38N2O4S/c1-5-6-7-8-19-16-22(28)23(21-15-18(4)9-10-20(21)17(2)3)24(29)25(19)32(30,31)27-13-11-26-12-14-27/h15-16,20-21,26,28-29H,2,5-14H2,1,3-4H3. The molecule has 0 bridgehead atoms. The Labute approximate surface area is 193 Å². The molecule has 1 aliphatic heterocycles. The van der Waals surface area contributed by atoms with Crippen LogP contribution in [0.2, 0.25) is 0 Å². The fraction of sp³-hybridized carbons (Fsp3) is 0.600. The Morgan fingerprint density at radius 2 is 1.94 bits per heavy atom. The fourth-order valence-corrected chi connectivity index (χ4v) is 6.76. The number of aryl methyl sites for hydroxylation is 1. The number of nitrogens with one attached hydrogen (secondary N) is 1. The molecular formula is C25H38N2O4S. The van der Waals surface area contributed by atoms with E-state index >= 15 is 0 Å². The molecule has 3 rings (SSSR count). The topological polar surface area (TPSA) is 89.9 Å². The summed E-state index contributed by atoms with van der Waals surface area (Å²) < 4.78 is 28.9. The minimum atomic E-state index is -3.90. The van der Waals surface area contributed by atoms with Crippen molar-refractivity contribution in [3.63, 3.8) is 0 Å². The zero-order valence-corrected chi connectivity index (χ0v) is 20.5. The third-order valence-electron chi connectivity index (χ3n) is 6.79. The van der Waals surface area contributed by atoms with Crippen LogP contribution in [-0.2, 0) is 16.4 Å². The first-order valence-corrected chi connectivity index (χ1v) is 13.2. The Balaban J connectivity index is 2.19. The highest BCUT2D eigenvalue weighted by Gasteiger charge is 2.37. The second-order valence-corrected chi connectivity index (χ2v) is 11.2. The monoisotopic (exact) mass is 462 g/mol. The predicted octanol–water partition coefficient (Wildman–Crippen LogP) is 4.44. The Bertz CT molecular complexity index is 978. The summed E-state index contributed by atoms with van der Waals surface area (Å²) in [5, 5.41) is 25.7. The van der Waals surface area contributed by atoms with Gasteiger partial charge >= 0.3 is 0 Å². The zero-order chi connectivity index (χ0) is 23.5. The van der Waals surface area contributed by atoms with Gasteiger partial charge in [-0.1, -0.05) is 43.6 Å². The van der Waals surface area contributed by atoms with Gasteiger partial charge in [-0.05, 0) is 57.1 Å². The van der Waals surface area contributed by atoms with E-state index in [1.807, 2.05) is 13.8 Å². The predicted molar refractivity (Wildman–Crippen MR) is 129 cm³/mol. The van der Waals surface area contributed by atoms with Crippen molar-refractivity contribution in [1.29, 1.82) is 0 Å². The molecule has 6 nitrogen and oxygen atoms in total. The van der Waals surface area contributed by atoms with Gasteiger partial charge in [-0.15, -0.1) is 0 Å². The molecule has 1 saturated heterocycles. The van der Waals surface area contributed by atoms with Gasteiger partial charge in [0.25, 0.3) is 0 Å². The largest absolute Gasteiger partial charge is 0.507 e. The molecule has 178 valence electrons. The lowest BCUT2D eigenvalue weighted by atomic mass is 9.73. The molecular weight excluding hydrogens is 424 g/mol. The third-order valence-corrected chi connectivity index (χ3v) is 8.80. The first-order valence-electron chi connectivity index (χ1n) is 11.8. The van der Waals surface area contributed by atoms with Gasteiger partial charge in [0.05, 0.1) is 0 Å². The Morgan fingerprint density at radius 1 is 1.25 bits per heavy atom. The molecule has 0 radical (unpaired) electrons. The number of hydrogen-bond acceptors (Lipinski definition) is 5. The molecule has 2 unspecified atom stereocenters. The lowest BCUT2D eigenvalue weighted by Crippen LogP contribution is -2.46. The molecule has 3 N–H and O–H groups in total. The van der Waals surface area contributed by atoms with Crippen molar-refractivity contribution in [1.82, 2.24) is 9.62 Å². The number of allylic oxidation sites excluding steroid dienone is 3. The van der Waals surface area contributed by atoms with E-state index in [2.05, 4.69) is 24.9 Å². The number of aromatic hydroxyl groups is 2. The van der Waals surface area contributed by atoms with E-state index in [1.54, 1.807) is 6.07 Å². The number of nitrogens with zero attached hydrogens (tertiary/aromatic N) is 1. The molecule has 7 heteroatoms. The summed E-state index contributed by atoms with van der Waals surface area (Å²) in [5.74, 6) is -0.591. The highest BCUT2D eigenvalue weighted by molar-refractivity contribution is 7.89. The van der Waals surface area contributed by atoms with Crippen molar-refractivity contribution >= 4 is 10.0 Å². The van der Waals surface area contributed by atoms with E-state index in [-0.39, 0.29) is 28.2 Å². The number of piperazine rings is 1. The van der Waals surface area contributed by atoms with Crippen molar-refractivity contribution < 1.29 is 18.6 Å². The van der Waals surface area contributed by atoms with Crippen LogP contribution in [0.3, 0.4) is 0 Å². The maximum absolute atomic E-state index is 13.7. The van der Waals surface area contributed by atoms with Gasteiger partial charge in [0.15, 0.2) is 0 Å². The number of phenols is 2. The summed E-state index contributed by atoms with van der Waals surface area (Å²) in [7, 11) is -3.90. The number of hydrogen-bond donors (Lipinski definition) is 3. The average Bonchev–Trinajstić information content (AvgIpc) is 2.74. The van der Waals surface area contributed by atoms with Gasteiger partial charge in [0.1, 0.15) is 16.4 Å². The maximum Gasteiger partial charge on any atom is 0.247 e. The van der Waals surface area contributed by atoms with Crippen LogP contribution in [-0.4, -0.2) is 49.1 Å². The molecule has 0 amide bonds. The fourth-order valence-electron chi connectivity index (χ4n) is 4.99. The lowest BCUT2D eigenvalue weighted by molar-refractivity contribution is 0.354. The van der Waals surface area contributed by atoms with Crippen molar-refractivity contribution in [3.05, 3.63) is 41.0 Å². The second-order valence-electron chi connectivity index (χ2n) is 9.29. The van der Waals surface area contributed by atoms with Crippen LogP contribution in [0.4, 0.5) is 0 Å². The van der Waals surface area contributed by atoms with E-state index in [4.69, 9.17) is 0 Å². The minimum Gasteiger partial charge on any atom is -0.507 e. The van der Waals surface area contributed by atoms with Crippen molar-refractivity contribution in [2.75, 3.05) is 26.2 Å². The maximum atomic E-state index is 13.7. The van der Waals surface area contributed by atoms with Crippen molar-refractivity contribution in [3.8, 4) is 11.5 Å². The molecule has 1 aliphatic carbocycles. The first-order chi connectivity index (χ1) is 15.2. The van der Waals surface area contributed by atoms with Gasteiger partial charge < -0.3 is 15.5 Å². The number of benzene rings is 1. The molecule has 1 aromatic carbocycles. The van der Waals surface area contributed by atoms with Crippen LogP contribution in [0.25, 0.3) is 0 Å². The molecule has 1 aromatic rings. The summed E-state index contributed by atoms with van der Waals surface area (Å²) in [6, 6.07) is 1.58. The number of phenolic OH excluding ortho intramolecular Hbond substituents is 2. The van der Waals surface area contributed by atoms with Crippen LogP contribution in [0.5, 0.6) is 11.5 Å². The quantitative estimate of drug-likeness (QED) is 0.393. The molecule has 32 heavy (non-hydrogen) atoms. The van der Waals surface area contributed by atoms with E-state index in [9.17, 15) is 18.6 Å². The Morgan fingerprint density at radius 3 is 2.56 bits per heavy atom. The Kier molecular flexibility index (Phi) is 8.06. The highest BCUT2D eigenvalue weighted by atomic mass is 32.2. The van der Waals surface area contributed by atoms with Gasteiger partial charge in [0, 0.05) is 37.7 Å². The SMILES string of the molecule is C=C(C)C1CCC(C)=CC1c1c(O)cc(CCCCC)c(S(=O)(=O)N2CCNCC2)c1O. The van der Waals surface area contributed by atoms with E-state index in [0.717, 1.165) is 37.7 Å². The van der Waals surface area contributed by atoms with Crippen molar-refractivity contribution in [2.45, 2.75) is 70.1 Å². The summed E-state index contributed by atoms with van der Waals surface area (Å²) in [5.41, 5.74) is 2.95. The van der Waals surface area contributed by atoms with Crippen LogP contribution in [0.1, 0.15) is 69.9 Å². The molecule has 0 aromatic heterocycles. The summed E-state index contributed by atoms with van der Waals surface area (Å²) >= 11 is 0. The van der Waals surface area contributed by atoms with E-state index < -0.39 is 10.0 Å². The highest BCUT2D eigenvalue weighted by Crippen LogP contribution is 2.49. The Hall–Kier alpha value is -1.83. The van der Waals surface area contributed by atoms with Crippen molar-refractivity contribution in [2.24, 2.45) is 5.92 Å². The zero-order valence-electron chi connectivity index (χ0n) is 19.7. The summed E-state index contributed by atoms with van der Waals surface area (Å²) in [6.07, 6.45) is 7.10. The van der Waals surface area contributed by atoms with E-state index in [1.165, 1.54) is 9.88 Å². The minimum absolute atomic E-state index is 0.0274. The first kappa shape index (κ1) is 24.8. The summed E-state index contributed by atoms with van der Waals surface area (Å²) in [4.78, 5) is -0.0274. The van der Waals surface area contributed by atoms with Crippen LogP contribution >= 0.6 is 0 Å². The van der Waals surface area contributed by atoms with E-state index in [0.29, 0.717) is 43.7 Å². The molecule has 1 heterocycles. The molecule has 0 saturated carbocycles. The molecule has 2 aliphatic rings. The van der Waals surface area contributed by atoms with Gasteiger partial charge in [-0.25, -0.2) is 8.42 Å². The van der Waals surface area contributed by atoms with Crippen LogP contribution in [0, 0.1) is 5.92 Å². The van der Waals surface area contributed by atoms with Crippen LogP contribution < -0.4 is 5.32 Å². The third kappa shape index (κ3) is 5.05. The normalized spacial score (nSPS) is 22.5. The number of unbranched alkanes of at least 4 members (excludes halogenated alkanes) is 2. The lowest BCUT2D eigenvalue weighted by Gasteiger charge is -2.33. The number of rotatable bonds is 8. The van der Waals surface area contributed by atoms with Gasteiger partial charge in [-0.3, -0.25) is 0 Å². The average molecular weight is 463 g/mol. The molecule has 0 spiro atoms. The van der Waals surface area contributed by atoms with Gasteiger partial charge in [0.2, 0.25) is 10.0 Å². The van der Waals surface area contributed by atoms with Gasteiger partial charge in [-0.2, -0.15) is 4.31 Å². The molecule has 2 atom stereocenters. The molecule has 1 fully saturated rings. The smallest absolute Gasteiger partial charge is 0.247 e.